The number of nitrogens with zero attached hydrogens (tertiary/aromatic N) is 4. The number of methoxy groups -OCH3 is 1. The van der Waals surface area contributed by atoms with Crippen LogP contribution in [0.15, 0.2) is 36.7 Å². The van der Waals surface area contributed by atoms with Crippen molar-refractivity contribution >= 4 is 28.9 Å². The Kier molecular flexibility index (Phi) is 8.10. The van der Waals surface area contributed by atoms with Gasteiger partial charge in [0.25, 0.3) is 0 Å². The van der Waals surface area contributed by atoms with Gasteiger partial charge in [-0.25, -0.2) is 15.0 Å². The number of likely N-dealkylation sites (tertiary alicyclic amines) is 1. The van der Waals surface area contributed by atoms with Crippen molar-refractivity contribution in [1.82, 2.24) is 19.9 Å². The maximum atomic E-state index is 13.0. The number of ether oxygens (including phenoxy) is 1. The van der Waals surface area contributed by atoms with Gasteiger partial charge < -0.3 is 20.1 Å². The van der Waals surface area contributed by atoms with Crippen molar-refractivity contribution in [1.29, 1.82) is 0 Å². The van der Waals surface area contributed by atoms with Gasteiger partial charge in [-0.15, -0.1) is 11.3 Å². The Morgan fingerprint density at radius 2 is 2.05 bits per heavy atom. The molecule has 1 aromatic carbocycles. The summed E-state index contributed by atoms with van der Waals surface area (Å²) in [5.41, 5.74) is 0.148. The van der Waals surface area contributed by atoms with Crippen LogP contribution in [0, 0.1) is 6.92 Å². The summed E-state index contributed by atoms with van der Waals surface area (Å²) in [4.78, 5) is 26.4. The maximum Gasteiger partial charge on any atom is 0.433 e. The molecule has 1 fully saturated rings. The largest absolute Gasteiger partial charge is 0.469 e. The number of thiazole rings is 1. The van der Waals surface area contributed by atoms with Crippen LogP contribution in [0.25, 0.3) is 10.4 Å². The smallest absolute Gasteiger partial charge is 0.433 e. The van der Waals surface area contributed by atoms with Gasteiger partial charge in [0.1, 0.15) is 16.3 Å². The van der Waals surface area contributed by atoms with Gasteiger partial charge in [-0.2, -0.15) is 13.2 Å². The number of nitrogens with one attached hydrogen (secondary N) is 1. The minimum absolute atomic E-state index is 0.152. The predicted octanol–water partition coefficient (Wildman–Crippen LogP) is 4.91. The first-order valence-electron chi connectivity index (χ1n) is 11.8. The highest BCUT2D eigenvalue weighted by Gasteiger charge is 2.35. The number of alkyl halides is 3. The van der Waals surface area contributed by atoms with Crippen molar-refractivity contribution in [3.63, 3.8) is 0 Å². The summed E-state index contributed by atoms with van der Waals surface area (Å²) in [5, 5.41) is 14.9. The first kappa shape index (κ1) is 27.0. The lowest BCUT2D eigenvalue weighted by Gasteiger charge is -2.24. The van der Waals surface area contributed by atoms with Crippen molar-refractivity contribution in [2.45, 2.75) is 44.4 Å². The summed E-state index contributed by atoms with van der Waals surface area (Å²) < 4.78 is 43.7. The fourth-order valence-electron chi connectivity index (χ4n) is 4.29. The van der Waals surface area contributed by atoms with Gasteiger partial charge in [-0.1, -0.05) is 6.07 Å². The van der Waals surface area contributed by atoms with Crippen LogP contribution in [0.4, 0.5) is 24.8 Å². The normalized spacial score (nSPS) is 18.9. The van der Waals surface area contributed by atoms with Crippen LogP contribution in [-0.4, -0.2) is 57.7 Å². The molecule has 1 unspecified atom stereocenters. The molecule has 1 atom stereocenters. The van der Waals surface area contributed by atoms with E-state index in [1.807, 2.05) is 13.0 Å². The number of carbonyl (C=O) groups excluding carboxylic acids is 1. The van der Waals surface area contributed by atoms with E-state index in [0.717, 1.165) is 41.2 Å². The molecule has 0 radical (unpaired) electrons. The molecule has 1 saturated heterocycles. The average molecular weight is 536 g/mol. The molecule has 0 aliphatic carbocycles. The zero-order valence-corrected chi connectivity index (χ0v) is 21.3. The highest BCUT2D eigenvalue weighted by molar-refractivity contribution is 7.15. The van der Waals surface area contributed by atoms with E-state index in [9.17, 15) is 23.1 Å². The zero-order chi connectivity index (χ0) is 26.6. The summed E-state index contributed by atoms with van der Waals surface area (Å²) in [6.45, 7) is 3.88. The van der Waals surface area contributed by atoms with Crippen LogP contribution >= 0.6 is 11.3 Å². The Bertz CT molecular complexity index is 1250. The van der Waals surface area contributed by atoms with Gasteiger partial charge in [0, 0.05) is 31.2 Å². The maximum absolute atomic E-state index is 13.0. The number of hydrogen-bond donors (Lipinski definition) is 2. The molecular weight excluding hydrogens is 507 g/mol. The quantitative estimate of drug-likeness (QED) is 0.412. The standard InChI is InChI=1S/C25H28F3N5O3S/c1-16-12-17(14-18(13-16)31-23-29-8-4-20(32-23)25(26,27)28)19-15-30-22(37-19)24(35)6-3-9-33(11-7-24)10-5-21(34)36-2/h4,8,12-15,35H,3,5-7,9-11H2,1-2H3,(H,29,31,32). The lowest BCUT2D eigenvalue weighted by molar-refractivity contribution is -0.141. The second-order valence-corrected chi connectivity index (χ2v) is 10.1. The molecule has 4 rings (SSSR count). The number of benzene rings is 1. The average Bonchev–Trinajstić information content (AvgIpc) is 3.28. The number of aryl methyl sites for hydroxylation is 1. The minimum atomic E-state index is -4.56. The van der Waals surface area contributed by atoms with Gasteiger partial charge in [-0.3, -0.25) is 4.79 Å². The number of anilines is 2. The second-order valence-electron chi connectivity index (χ2n) is 9.06. The molecule has 0 amide bonds. The van der Waals surface area contributed by atoms with Crippen LogP contribution in [0.2, 0.25) is 0 Å². The molecule has 12 heteroatoms. The summed E-state index contributed by atoms with van der Waals surface area (Å²) in [5.74, 6) is -0.406. The Morgan fingerprint density at radius 1 is 1.24 bits per heavy atom. The number of aliphatic hydroxyl groups is 1. The van der Waals surface area contributed by atoms with Crippen LogP contribution in [0.3, 0.4) is 0 Å². The van der Waals surface area contributed by atoms with Gasteiger partial charge in [-0.05, 0) is 62.1 Å². The Morgan fingerprint density at radius 3 is 2.81 bits per heavy atom. The summed E-state index contributed by atoms with van der Waals surface area (Å²) in [6, 6.07) is 6.35. The first-order chi connectivity index (χ1) is 17.6. The fraction of sp³-hybridized carbons (Fsp3) is 0.440. The molecule has 0 bridgehead atoms. The third-order valence-corrected chi connectivity index (χ3v) is 7.47. The van der Waals surface area contributed by atoms with E-state index in [1.165, 1.54) is 18.4 Å². The number of halogens is 3. The van der Waals surface area contributed by atoms with Gasteiger partial charge in [0.2, 0.25) is 5.95 Å². The predicted molar refractivity (Wildman–Crippen MR) is 133 cm³/mol. The molecule has 198 valence electrons. The van der Waals surface area contributed by atoms with E-state index in [4.69, 9.17) is 4.74 Å². The number of carbonyl (C=O) groups is 1. The molecule has 0 spiro atoms. The van der Waals surface area contributed by atoms with Crippen molar-refractivity contribution in [3.05, 3.63) is 52.9 Å². The number of rotatable bonds is 7. The Labute approximate surface area is 216 Å². The highest BCUT2D eigenvalue weighted by atomic mass is 32.1. The Hall–Kier alpha value is -3.09. The second kappa shape index (κ2) is 11.1. The van der Waals surface area contributed by atoms with E-state index < -0.39 is 17.5 Å². The van der Waals surface area contributed by atoms with Gasteiger partial charge in [0.05, 0.1) is 18.4 Å². The third kappa shape index (κ3) is 6.82. The minimum Gasteiger partial charge on any atom is -0.469 e. The van der Waals surface area contributed by atoms with Crippen molar-refractivity contribution in [2.75, 3.05) is 32.1 Å². The monoisotopic (exact) mass is 535 g/mol. The van der Waals surface area contributed by atoms with E-state index in [2.05, 4.69) is 25.2 Å². The molecular formula is C25H28F3N5O3S. The zero-order valence-electron chi connectivity index (χ0n) is 20.5. The third-order valence-electron chi connectivity index (χ3n) is 6.23. The topological polar surface area (TPSA) is 100 Å². The number of aromatic nitrogens is 3. The van der Waals surface area contributed by atoms with E-state index in [1.54, 1.807) is 18.3 Å². The van der Waals surface area contributed by atoms with E-state index in [0.29, 0.717) is 43.0 Å². The molecule has 3 aromatic rings. The molecule has 1 aliphatic rings. The van der Waals surface area contributed by atoms with Gasteiger partial charge in [0.15, 0.2) is 0 Å². The number of hydrogen-bond acceptors (Lipinski definition) is 9. The Balaban J connectivity index is 1.49. The van der Waals surface area contributed by atoms with Crippen LogP contribution in [0.1, 0.15) is 41.9 Å². The lowest BCUT2D eigenvalue weighted by Crippen LogP contribution is -2.30. The van der Waals surface area contributed by atoms with Crippen LogP contribution < -0.4 is 5.32 Å². The van der Waals surface area contributed by atoms with Crippen LogP contribution in [-0.2, 0) is 21.3 Å². The van der Waals surface area contributed by atoms with Crippen molar-refractivity contribution < 1.29 is 27.8 Å². The summed E-state index contributed by atoms with van der Waals surface area (Å²) in [6.07, 6.45) is 0.336. The SMILES string of the molecule is COC(=O)CCN1CCCC(O)(c2ncc(-c3cc(C)cc(Nc4nccc(C(F)(F)F)n4)c3)s2)CC1. The summed E-state index contributed by atoms with van der Waals surface area (Å²) >= 11 is 1.39. The highest BCUT2D eigenvalue weighted by Crippen LogP contribution is 2.39. The van der Waals surface area contributed by atoms with E-state index >= 15 is 0 Å². The fourth-order valence-corrected chi connectivity index (χ4v) is 5.34. The first-order valence-corrected chi connectivity index (χ1v) is 12.6. The molecule has 3 heterocycles. The molecule has 8 nitrogen and oxygen atoms in total. The molecule has 1 aliphatic heterocycles. The van der Waals surface area contributed by atoms with Crippen LogP contribution in [0.5, 0.6) is 0 Å². The molecule has 37 heavy (non-hydrogen) atoms. The van der Waals surface area contributed by atoms with E-state index in [-0.39, 0.29) is 11.9 Å². The summed E-state index contributed by atoms with van der Waals surface area (Å²) in [7, 11) is 1.37. The molecule has 2 N–H and O–H groups in total. The van der Waals surface area contributed by atoms with Gasteiger partial charge >= 0.3 is 12.1 Å². The lowest BCUT2D eigenvalue weighted by atomic mass is 9.96. The van der Waals surface area contributed by atoms with Crippen molar-refractivity contribution in [3.8, 4) is 10.4 Å². The molecule has 0 saturated carbocycles. The number of esters is 1. The molecule has 2 aromatic heterocycles. The van der Waals surface area contributed by atoms with Crippen molar-refractivity contribution in [2.24, 2.45) is 0 Å².